The van der Waals surface area contributed by atoms with Crippen molar-refractivity contribution in [2.75, 3.05) is 30.4 Å². The standard InChI is InChI=1S/C20H25N7O2S/c1-19-8-12(26(3)14-5-7-22-15-13(14)4-6-21-15)9-20(19,2)11-27(10-19)18(29)24-17-23-16(28)25-30-17/h4-7,12H,8-11H2,1-3H3,(H,21,22)(H2,23,24,25,28,29)/t12?,19-,20+. The lowest BCUT2D eigenvalue weighted by molar-refractivity contribution is 0.184. The van der Waals surface area contributed by atoms with E-state index in [9.17, 15) is 9.59 Å². The quantitative estimate of drug-likeness (QED) is 0.595. The highest BCUT2D eigenvalue weighted by Gasteiger charge is 2.59. The molecule has 1 aliphatic carbocycles. The summed E-state index contributed by atoms with van der Waals surface area (Å²) in [7, 11) is 2.16. The molecule has 5 rings (SSSR count). The third kappa shape index (κ3) is 2.89. The molecule has 2 amide bonds. The van der Waals surface area contributed by atoms with E-state index in [0.717, 1.165) is 35.4 Å². The van der Waals surface area contributed by atoms with E-state index in [4.69, 9.17) is 0 Å². The second-order valence-corrected chi connectivity index (χ2v) is 9.87. The number of anilines is 2. The number of carbonyl (C=O) groups excluding carboxylic acids is 1. The SMILES string of the molecule is CN(c1ccnc2[nH]ccc12)C1C[C@@]2(C)CN(C(=O)Nc3nc(=O)[nH]s3)C[C@@]2(C)C1. The summed E-state index contributed by atoms with van der Waals surface area (Å²) in [4.78, 5) is 39.5. The maximum Gasteiger partial charge on any atom is 0.357 e. The van der Waals surface area contributed by atoms with Crippen molar-refractivity contribution in [3.63, 3.8) is 0 Å². The van der Waals surface area contributed by atoms with Crippen molar-refractivity contribution in [2.45, 2.75) is 32.7 Å². The fourth-order valence-electron chi connectivity index (χ4n) is 5.34. The summed E-state index contributed by atoms with van der Waals surface area (Å²) in [5.74, 6) is 0. The maximum absolute atomic E-state index is 12.7. The smallest absolute Gasteiger partial charge is 0.357 e. The van der Waals surface area contributed by atoms with Gasteiger partial charge in [0.05, 0.1) is 0 Å². The van der Waals surface area contributed by atoms with Crippen LogP contribution in [0.25, 0.3) is 11.0 Å². The van der Waals surface area contributed by atoms with Crippen LogP contribution in [0.2, 0.25) is 0 Å². The Hall–Kier alpha value is -2.88. The molecule has 3 N–H and O–H groups in total. The molecule has 0 spiro atoms. The number of hydrogen-bond donors (Lipinski definition) is 3. The van der Waals surface area contributed by atoms with Gasteiger partial charge in [0, 0.05) is 49.6 Å². The lowest BCUT2D eigenvalue weighted by Crippen LogP contribution is -2.38. The van der Waals surface area contributed by atoms with Crippen LogP contribution in [0.3, 0.4) is 0 Å². The molecule has 30 heavy (non-hydrogen) atoms. The van der Waals surface area contributed by atoms with Crippen molar-refractivity contribution >= 4 is 39.4 Å². The summed E-state index contributed by atoms with van der Waals surface area (Å²) in [6, 6.07) is 4.34. The van der Waals surface area contributed by atoms with E-state index < -0.39 is 5.69 Å². The molecule has 3 atom stereocenters. The number of hydrogen-bond acceptors (Lipinski definition) is 6. The lowest BCUT2D eigenvalue weighted by atomic mass is 9.71. The number of aromatic nitrogens is 4. The molecule has 1 saturated carbocycles. The Morgan fingerprint density at radius 3 is 2.70 bits per heavy atom. The van der Waals surface area contributed by atoms with Crippen molar-refractivity contribution in [1.82, 2.24) is 24.2 Å². The number of amides is 2. The number of urea groups is 1. The fraction of sp³-hybridized carbons (Fsp3) is 0.500. The van der Waals surface area contributed by atoms with Crippen molar-refractivity contribution in [1.29, 1.82) is 0 Å². The Morgan fingerprint density at radius 1 is 1.30 bits per heavy atom. The summed E-state index contributed by atoms with van der Waals surface area (Å²) >= 11 is 1.04. The average molecular weight is 428 g/mol. The molecule has 1 saturated heterocycles. The molecular weight excluding hydrogens is 402 g/mol. The van der Waals surface area contributed by atoms with Crippen LogP contribution in [0.15, 0.2) is 29.3 Å². The minimum absolute atomic E-state index is 0.0201. The van der Waals surface area contributed by atoms with E-state index in [2.05, 4.69) is 62.6 Å². The largest absolute Gasteiger partial charge is 0.371 e. The van der Waals surface area contributed by atoms with E-state index in [1.807, 2.05) is 17.3 Å². The molecule has 158 valence electrons. The highest BCUT2D eigenvalue weighted by atomic mass is 32.1. The number of aromatic amines is 2. The Labute approximate surface area is 177 Å². The molecular formula is C20H25N7O2S. The number of H-pyrrole nitrogens is 2. The van der Waals surface area contributed by atoms with Gasteiger partial charge in [0.1, 0.15) is 5.65 Å². The van der Waals surface area contributed by atoms with Gasteiger partial charge in [0.2, 0.25) is 5.13 Å². The van der Waals surface area contributed by atoms with Gasteiger partial charge in [-0.05, 0) is 47.3 Å². The number of nitrogens with one attached hydrogen (secondary N) is 3. The minimum atomic E-state index is -0.439. The Balaban J connectivity index is 1.33. The van der Waals surface area contributed by atoms with Crippen LogP contribution in [0, 0.1) is 10.8 Å². The molecule has 1 unspecified atom stereocenters. The molecule has 10 heteroatoms. The van der Waals surface area contributed by atoms with E-state index >= 15 is 0 Å². The summed E-state index contributed by atoms with van der Waals surface area (Å²) < 4.78 is 2.49. The molecule has 0 bridgehead atoms. The topological polar surface area (TPSA) is 110 Å². The van der Waals surface area contributed by atoms with Gasteiger partial charge in [0.15, 0.2) is 0 Å². The van der Waals surface area contributed by atoms with Crippen LogP contribution in [0.5, 0.6) is 0 Å². The van der Waals surface area contributed by atoms with Gasteiger partial charge >= 0.3 is 11.7 Å². The third-order valence-corrected chi connectivity index (χ3v) is 7.88. The molecule has 0 aromatic carbocycles. The number of nitrogens with zero attached hydrogens (tertiary/aromatic N) is 4. The average Bonchev–Trinajstić information content (AvgIpc) is 3.42. The van der Waals surface area contributed by atoms with E-state index in [-0.39, 0.29) is 16.9 Å². The number of likely N-dealkylation sites (tertiary alicyclic amines) is 1. The molecule has 0 radical (unpaired) electrons. The molecule has 3 aromatic heterocycles. The second kappa shape index (κ2) is 6.56. The van der Waals surface area contributed by atoms with Gasteiger partial charge in [-0.1, -0.05) is 13.8 Å². The maximum atomic E-state index is 12.7. The molecule has 2 fully saturated rings. The van der Waals surface area contributed by atoms with Crippen LogP contribution in [0.4, 0.5) is 15.6 Å². The van der Waals surface area contributed by atoms with Crippen LogP contribution >= 0.6 is 11.5 Å². The van der Waals surface area contributed by atoms with Crippen molar-refractivity contribution < 1.29 is 4.79 Å². The van der Waals surface area contributed by atoms with Crippen LogP contribution < -0.4 is 15.9 Å². The molecule has 2 aliphatic rings. The highest BCUT2D eigenvalue weighted by Crippen LogP contribution is 2.58. The van der Waals surface area contributed by atoms with Gasteiger partial charge < -0.3 is 14.8 Å². The summed E-state index contributed by atoms with van der Waals surface area (Å²) in [5, 5.41) is 4.19. The fourth-order valence-corrected chi connectivity index (χ4v) is 5.83. The van der Waals surface area contributed by atoms with E-state index in [1.54, 1.807) is 0 Å². The number of fused-ring (bicyclic) bond motifs is 2. The van der Waals surface area contributed by atoms with Crippen LogP contribution in [-0.4, -0.2) is 56.4 Å². The highest BCUT2D eigenvalue weighted by molar-refractivity contribution is 7.09. The number of rotatable bonds is 3. The van der Waals surface area contributed by atoms with Crippen molar-refractivity contribution in [3.8, 4) is 0 Å². The van der Waals surface area contributed by atoms with Crippen LogP contribution in [0.1, 0.15) is 26.7 Å². The number of carbonyl (C=O) groups is 1. The normalized spacial score (nSPS) is 28.1. The van der Waals surface area contributed by atoms with E-state index in [0.29, 0.717) is 24.3 Å². The summed E-state index contributed by atoms with van der Waals surface area (Å²) in [6.45, 7) is 5.96. The Morgan fingerprint density at radius 2 is 2.03 bits per heavy atom. The zero-order valence-corrected chi connectivity index (χ0v) is 18.0. The molecule has 9 nitrogen and oxygen atoms in total. The first kappa shape index (κ1) is 19.1. The van der Waals surface area contributed by atoms with Gasteiger partial charge in [-0.3, -0.25) is 9.69 Å². The summed E-state index contributed by atoms with van der Waals surface area (Å²) in [5.41, 5.74) is 1.68. The minimum Gasteiger partial charge on any atom is -0.371 e. The number of pyridine rings is 1. The third-order valence-electron chi connectivity index (χ3n) is 7.21. The van der Waals surface area contributed by atoms with Gasteiger partial charge in [0.25, 0.3) is 0 Å². The van der Waals surface area contributed by atoms with Gasteiger partial charge in [-0.25, -0.2) is 14.6 Å². The van der Waals surface area contributed by atoms with Gasteiger partial charge in [-0.15, -0.1) is 0 Å². The molecule has 1 aliphatic heterocycles. The monoisotopic (exact) mass is 427 g/mol. The predicted molar refractivity (Wildman–Crippen MR) is 117 cm³/mol. The second-order valence-electron chi connectivity index (χ2n) is 9.08. The first-order valence-corrected chi connectivity index (χ1v) is 10.9. The predicted octanol–water partition coefficient (Wildman–Crippen LogP) is 2.87. The van der Waals surface area contributed by atoms with Crippen LogP contribution in [-0.2, 0) is 0 Å². The molecule has 4 heterocycles. The first-order chi connectivity index (χ1) is 14.3. The van der Waals surface area contributed by atoms with Crippen molar-refractivity contribution in [3.05, 3.63) is 35.0 Å². The zero-order valence-electron chi connectivity index (χ0n) is 17.2. The molecule has 3 aromatic rings. The Bertz CT molecular complexity index is 1150. The lowest BCUT2D eigenvalue weighted by Gasteiger charge is -2.31. The van der Waals surface area contributed by atoms with Gasteiger partial charge in [-0.2, -0.15) is 4.98 Å². The Kier molecular flexibility index (Phi) is 4.18. The summed E-state index contributed by atoms with van der Waals surface area (Å²) in [6.07, 6.45) is 5.79. The first-order valence-electron chi connectivity index (χ1n) is 10.0. The van der Waals surface area contributed by atoms with Crippen molar-refractivity contribution in [2.24, 2.45) is 10.8 Å². The van der Waals surface area contributed by atoms with E-state index in [1.165, 1.54) is 5.69 Å². The zero-order chi connectivity index (χ0) is 21.1.